The van der Waals surface area contributed by atoms with E-state index in [1.165, 1.54) is 0 Å². The van der Waals surface area contributed by atoms with Crippen LogP contribution in [0.4, 0.5) is 0 Å². The van der Waals surface area contributed by atoms with Crippen molar-refractivity contribution in [3.05, 3.63) is 63.7 Å². The Hall–Kier alpha value is -1.51. The van der Waals surface area contributed by atoms with Crippen molar-refractivity contribution in [1.82, 2.24) is 0 Å². The summed E-state index contributed by atoms with van der Waals surface area (Å²) in [6.45, 7) is 4.54. The van der Waals surface area contributed by atoms with Gasteiger partial charge in [0.2, 0.25) is 0 Å². The van der Waals surface area contributed by atoms with Gasteiger partial charge in [-0.2, -0.15) is 0 Å². The first-order valence-corrected chi connectivity index (χ1v) is 6.56. The molecule has 0 amide bonds. The summed E-state index contributed by atoms with van der Waals surface area (Å²) < 4.78 is 5.87. The van der Waals surface area contributed by atoms with Crippen LogP contribution >= 0.6 is 11.6 Å². The van der Waals surface area contributed by atoms with Gasteiger partial charge in [0.25, 0.3) is 0 Å². The summed E-state index contributed by atoms with van der Waals surface area (Å²) in [4.78, 5) is 0. The molecule has 0 aromatic heterocycles. The van der Waals surface area contributed by atoms with E-state index in [2.05, 4.69) is 0 Å². The van der Waals surface area contributed by atoms with Crippen LogP contribution in [-0.2, 0) is 13.2 Å². The fourth-order valence-electron chi connectivity index (χ4n) is 2.10. The third-order valence-electron chi connectivity index (χ3n) is 3.00. The van der Waals surface area contributed by atoms with Gasteiger partial charge in [0.05, 0.1) is 6.61 Å². The highest BCUT2D eigenvalue weighted by atomic mass is 35.5. The number of aryl methyl sites for hydroxylation is 2. The Morgan fingerprint density at radius 3 is 2.11 bits per heavy atom. The minimum Gasteiger partial charge on any atom is -0.488 e. The Morgan fingerprint density at radius 1 is 1.00 bits per heavy atom. The summed E-state index contributed by atoms with van der Waals surface area (Å²) >= 11 is 5.85. The number of halogens is 1. The first-order valence-electron chi connectivity index (χ1n) is 6.18. The second-order valence-corrected chi connectivity index (χ2v) is 5.07. The molecule has 0 heterocycles. The molecule has 0 bridgehead atoms. The van der Waals surface area contributed by atoms with Gasteiger partial charge in [0.1, 0.15) is 12.4 Å². The van der Waals surface area contributed by atoms with Crippen LogP contribution in [0.15, 0.2) is 36.4 Å². The molecule has 2 aromatic carbocycles. The van der Waals surface area contributed by atoms with Crippen LogP contribution in [0.25, 0.3) is 0 Å². The first kappa shape index (κ1) is 13.9. The van der Waals surface area contributed by atoms with Gasteiger partial charge in [0, 0.05) is 5.02 Å². The molecule has 2 aromatic rings. The van der Waals surface area contributed by atoms with E-state index in [0.29, 0.717) is 6.61 Å². The Kier molecular flexibility index (Phi) is 4.46. The summed E-state index contributed by atoms with van der Waals surface area (Å²) in [6.07, 6.45) is 0. The molecule has 2 nitrogen and oxygen atoms in total. The van der Waals surface area contributed by atoms with Gasteiger partial charge in [-0.25, -0.2) is 0 Å². The molecule has 0 aliphatic rings. The summed E-state index contributed by atoms with van der Waals surface area (Å²) in [7, 11) is 0. The molecule has 0 spiro atoms. The molecule has 0 radical (unpaired) electrons. The third-order valence-corrected chi connectivity index (χ3v) is 3.25. The quantitative estimate of drug-likeness (QED) is 0.914. The SMILES string of the molecule is Cc1cc(CO)cc(C)c1OCc1ccc(Cl)cc1. The molecule has 0 fully saturated rings. The highest BCUT2D eigenvalue weighted by Gasteiger charge is 2.06. The molecule has 0 aliphatic carbocycles. The molecular weight excluding hydrogens is 260 g/mol. The van der Waals surface area contributed by atoms with Crippen LogP contribution in [0, 0.1) is 13.8 Å². The predicted molar refractivity (Wildman–Crippen MR) is 77.6 cm³/mol. The zero-order valence-electron chi connectivity index (χ0n) is 11.1. The van der Waals surface area contributed by atoms with Crippen LogP contribution < -0.4 is 4.74 Å². The highest BCUT2D eigenvalue weighted by Crippen LogP contribution is 2.26. The Morgan fingerprint density at radius 2 is 1.58 bits per heavy atom. The molecular formula is C16H17ClO2. The maximum absolute atomic E-state index is 9.16. The molecule has 1 N–H and O–H groups in total. The van der Waals surface area contributed by atoms with Gasteiger partial charge < -0.3 is 9.84 Å². The lowest BCUT2D eigenvalue weighted by atomic mass is 10.1. The van der Waals surface area contributed by atoms with Crippen molar-refractivity contribution in [3.63, 3.8) is 0 Å². The van der Waals surface area contributed by atoms with Crippen LogP contribution in [-0.4, -0.2) is 5.11 Å². The van der Waals surface area contributed by atoms with Crippen LogP contribution in [0.3, 0.4) is 0 Å². The van der Waals surface area contributed by atoms with Crippen LogP contribution in [0.5, 0.6) is 5.75 Å². The average molecular weight is 277 g/mol. The molecule has 19 heavy (non-hydrogen) atoms. The van der Waals surface area contributed by atoms with Crippen molar-refractivity contribution in [2.45, 2.75) is 27.1 Å². The summed E-state index contributed by atoms with van der Waals surface area (Å²) in [5, 5.41) is 9.88. The highest BCUT2D eigenvalue weighted by molar-refractivity contribution is 6.30. The molecule has 0 atom stereocenters. The molecule has 3 heteroatoms. The van der Waals surface area contributed by atoms with E-state index in [4.69, 9.17) is 21.4 Å². The molecule has 0 aliphatic heterocycles. The number of hydrogen-bond acceptors (Lipinski definition) is 2. The molecule has 100 valence electrons. The maximum Gasteiger partial charge on any atom is 0.125 e. The van der Waals surface area contributed by atoms with Gasteiger partial charge in [-0.15, -0.1) is 0 Å². The van der Waals surface area contributed by atoms with Crippen LogP contribution in [0.2, 0.25) is 5.02 Å². The largest absolute Gasteiger partial charge is 0.488 e. The van der Waals surface area contributed by atoms with Crippen molar-refractivity contribution < 1.29 is 9.84 Å². The molecule has 0 saturated carbocycles. The van der Waals surface area contributed by atoms with E-state index in [0.717, 1.165) is 33.0 Å². The minimum absolute atomic E-state index is 0.0547. The monoisotopic (exact) mass is 276 g/mol. The van der Waals surface area contributed by atoms with Gasteiger partial charge in [0.15, 0.2) is 0 Å². The zero-order chi connectivity index (χ0) is 13.8. The van der Waals surface area contributed by atoms with E-state index in [-0.39, 0.29) is 6.61 Å². The zero-order valence-corrected chi connectivity index (χ0v) is 11.9. The number of rotatable bonds is 4. The van der Waals surface area contributed by atoms with Crippen molar-refractivity contribution in [3.8, 4) is 5.75 Å². The number of hydrogen-bond donors (Lipinski definition) is 1. The van der Waals surface area contributed by atoms with Gasteiger partial charge in [-0.3, -0.25) is 0 Å². The average Bonchev–Trinajstić information content (AvgIpc) is 2.39. The topological polar surface area (TPSA) is 29.5 Å². The van der Waals surface area contributed by atoms with E-state index >= 15 is 0 Å². The Bertz CT molecular complexity index is 538. The normalized spacial score (nSPS) is 10.5. The first-order chi connectivity index (χ1) is 9.10. The van der Waals surface area contributed by atoms with E-state index < -0.39 is 0 Å². The van der Waals surface area contributed by atoms with Crippen LogP contribution in [0.1, 0.15) is 22.3 Å². The lowest BCUT2D eigenvalue weighted by molar-refractivity contribution is 0.280. The van der Waals surface area contributed by atoms with Crippen molar-refractivity contribution >= 4 is 11.6 Å². The van der Waals surface area contributed by atoms with Crippen molar-refractivity contribution in [2.75, 3.05) is 0 Å². The van der Waals surface area contributed by atoms with E-state index in [1.54, 1.807) is 0 Å². The summed E-state index contributed by atoms with van der Waals surface area (Å²) in [5.41, 5.74) is 4.07. The molecule has 0 unspecified atom stereocenters. The van der Waals surface area contributed by atoms with Gasteiger partial charge in [-0.05, 0) is 48.2 Å². The number of benzene rings is 2. The standard InChI is InChI=1S/C16H17ClO2/c1-11-7-14(9-18)8-12(2)16(11)19-10-13-3-5-15(17)6-4-13/h3-8,18H,9-10H2,1-2H3. The van der Waals surface area contributed by atoms with Crippen molar-refractivity contribution in [1.29, 1.82) is 0 Å². The number of aliphatic hydroxyl groups is 1. The lowest BCUT2D eigenvalue weighted by Gasteiger charge is -2.13. The number of ether oxygens (including phenoxy) is 1. The molecule has 2 rings (SSSR count). The molecule has 0 saturated heterocycles. The second kappa shape index (κ2) is 6.09. The van der Waals surface area contributed by atoms with Crippen molar-refractivity contribution in [2.24, 2.45) is 0 Å². The Labute approximate surface area is 118 Å². The Balaban J connectivity index is 2.13. The predicted octanol–water partition coefficient (Wildman–Crippen LogP) is 4.03. The second-order valence-electron chi connectivity index (χ2n) is 4.63. The summed E-state index contributed by atoms with van der Waals surface area (Å²) in [5.74, 6) is 0.882. The van der Waals surface area contributed by atoms with Gasteiger partial charge >= 0.3 is 0 Å². The fraction of sp³-hybridized carbons (Fsp3) is 0.250. The smallest absolute Gasteiger partial charge is 0.125 e. The fourth-order valence-corrected chi connectivity index (χ4v) is 2.22. The lowest BCUT2D eigenvalue weighted by Crippen LogP contribution is -2.00. The van der Waals surface area contributed by atoms with E-state index in [1.807, 2.05) is 50.2 Å². The number of aliphatic hydroxyl groups excluding tert-OH is 1. The van der Waals surface area contributed by atoms with E-state index in [9.17, 15) is 0 Å². The third kappa shape index (κ3) is 3.49. The minimum atomic E-state index is 0.0547. The maximum atomic E-state index is 9.16. The van der Waals surface area contributed by atoms with Gasteiger partial charge in [-0.1, -0.05) is 35.9 Å². The summed E-state index contributed by atoms with van der Waals surface area (Å²) in [6, 6.07) is 11.5.